The second kappa shape index (κ2) is 9.36. The number of hydrogen-bond donors (Lipinski definition) is 2. The molecule has 0 aliphatic heterocycles. The minimum absolute atomic E-state index is 0.104. The van der Waals surface area contributed by atoms with Crippen molar-refractivity contribution in [1.29, 1.82) is 0 Å². The number of nitrogens with zero attached hydrogens (tertiary/aromatic N) is 1. The molecule has 144 valence electrons. The van der Waals surface area contributed by atoms with Gasteiger partial charge < -0.3 is 10.6 Å². The Kier molecular flexibility index (Phi) is 6.88. The van der Waals surface area contributed by atoms with Gasteiger partial charge in [-0.1, -0.05) is 28.1 Å². The van der Waals surface area contributed by atoms with Crippen LogP contribution in [0, 0.1) is 0 Å². The molecule has 0 radical (unpaired) electrons. The van der Waals surface area contributed by atoms with Gasteiger partial charge in [0, 0.05) is 32.9 Å². The Labute approximate surface area is 180 Å². The second-order valence-corrected chi connectivity index (χ2v) is 9.19. The van der Waals surface area contributed by atoms with Gasteiger partial charge in [0.25, 0.3) is 0 Å². The number of amides is 2. The largest absolute Gasteiger partial charge is 0.326 e. The zero-order chi connectivity index (χ0) is 20.1. The molecular weight excluding hydrogens is 458 g/mol. The Morgan fingerprint density at radius 3 is 2.39 bits per heavy atom. The number of thioether (sulfide) groups is 1. The summed E-state index contributed by atoms with van der Waals surface area (Å²) >= 11 is 6.27. The summed E-state index contributed by atoms with van der Waals surface area (Å²) in [5.74, 6) is -0.216. The molecule has 3 aromatic rings. The van der Waals surface area contributed by atoms with Crippen LogP contribution in [-0.4, -0.2) is 22.0 Å². The number of carbonyl (C=O) groups excluding carboxylic acids is 2. The molecule has 0 aliphatic rings. The lowest BCUT2D eigenvalue weighted by molar-refractivity contribution is -0.115. The van der Waals surface area contributed by atoms with E-state index in [4.69, 9.17) is 0 Å². The van der Waals surface area contributed by atoms with Crippen molar-refractivity contribution in [3.8, 4) is 11.3 Å². The summed E-state index contributed by atoms with van der Waals surface area (Å²) in [6, 6.07) is 15.3. The van der Waals surface area contributed by atoms with Crippen molar-refractivity contribution < 1.29 is 9.59 Å². The van der Waals surface area contributed by atoms with E-state index >= 15 is 0 Å². The van der Waals surface area contributed by atoms with Gasteiger partial charge in [0.05, 0.1) is 10.9 Å². The van der Waals surface area contributed by atoms with Crippen LogP contribution in [0.5, 0.6) is 0 Å². The minimum atomic E-state index is -0.286. The van der Waals surface area contributed by atoms with Crippen LogP contribution < -0.4 is 10.6 Å². The first-order valence-electron chi connectivity index (χ1n) is 8.47. The number of rotatable bonds is 6. The second-order valence-electron chi connectivity index (χ2n) is 6.00. The number of hydrogen-bond acceptors (Lipinski definition) is 5. The number of carbonyl (C=O) groups is 2. The molecule has 1 unspecified atom stereocenters. The smallest absolute Gasteiger partial charge is 0.239 e. The van der Waals surface area contributed by atoms with E-state index in [0.717, 1.165) is 26.3 Å². The molecular formula is C20H18BrN3O2S2. The molecule has 0 saturated heterocycles. The Bertz CT molecular complexity index is 972. The quantitative estimate of drug-likeness (QED) is 0.451. The van der Waals surface area contributed by atoms with E-state index in [0.29, 0.717) is 5.13 Å². The fraction of sp³-hybridized carbons (Fsp3) is 0.150. The first kappa shape index (κ1) is 20.6. The molecule has 1 aromatic heterocycles. The molecule has 28 heavy (non-hydrogen) atoms. The van der Waals surface area contributed by atoms with Crippen molar-refractivity contribution in [3.05, 3.63) is 58.4 Å². The van der Waals surface area contributed by atoms with Gasteiger partial charge in [0.15, 0.2) is 5.13 Å². The monoisotopic (exact) mass is 475 g/mol. The van der Waals surface area contributed by atoms with Crippen molar-refractivity contribution >= 4 is 61.7 Å². The van der Waals surface area contributed by atoms with Crippen LogP contribution >= 0.6 is 39.0 Å². The lowest BCUT2D eigenvalue weighted by atomic mass is 10.2. The average molecular weight is 476 g/mol. The Hall–Kier alpha value is -2.16. The van der Waals surface area contributed by atoms with E-state index in [-0.39, 0.29) is 17.1 Å². The molecule has 0 saturated carbocycles. The van der Waals surface area contributed by atoms with E-state index in [1.54, 1.807) is 0 Å². The third-order valence-corrected chi connectivity index (χ3v) is 6.13. The third kappa shape index (κ3) is 5.67. The molecule has 2 amide bonds. The van der Waals surface area contributed by atoms with Gasteiger partial charge in [-0.05, 0) is 43.3 Å². The highest BCUT2D eigenvalue weighted by Crippen LogP contribution is 2.28. The number of thiazole rings is 1. The molecule has 2 aromatic carbocycles. The lowest BCUT2D eigenvalue weighted by Crippen LogP contribution is -2.22. The molecule has 1 heterocycles. The normalized spacial score (nSPS) is 11.7. The van der Waals surface area contributed by atoms with Crippen LogP contribution in [0.1, 0.15) is 13.8 Å². The SMILES string of the molecule is CC(=O)Nc1ccc(SC(C)C(=O)Nc2nc(-c3ccc(Br)cc3)cs2)cc1. The first-order chi connectivity index (χ1) is 13.4. The fourth-order valence-electron chi connectivity index (χ4n) is 2.37. The van der Waals surface area contributed by atoms with E-state index in [9.17, 15) is 9.59 Å². The maximum atomic E-state index is 12.5. The summed E-state index contributed by atoms with van der Waals surface area (Å²) in [6.07, 6.45) is 0. The molecule has 0 aliphatic carbocycles. The van der Waals surface area contributed by atoms with E-state index < -0.39 is 0 Å². The van der Waals surface area contributed by atoms with Gasteiger partial charge in [-0.25, -0.2) is 4.98 Å². The van der Waals surface area contributed by atoms with E-state index in [2.05, 4.69) is 31.5 Å². The molecule has 0 fully saturated rings. The fourth-order valence-corrected chi connectivity index (χ4v) is 4.22. The standard InChI is InChI=1S/C20H18BrN3O2S2/c1-12(28-17-9-7-16(8-10-17)22-13(2)25)19(26)24-20-23-18(11-27-20)14-3-5-15(21)6-4-14/h3-12H,1-2H3,(H,22,25)(H,23,24,26). The summed E-state index contributed by atoms with van der Waals surface area (Å²) in [5.41, 5.74) is 2.57. The number of halogens is 1. The highest BCUT2D eigenvalue weighted by molar-refractivity contribution is 9.10. The van der Waals surface area contributed by atoms with Crippen LogP contribution in [0.3, 0.4) is 0 Å². The average Bonchev–Trinajstić information content (AvgIpc) is 3.12. The molecule has 1 atom stereocenters. The van der Waals surface area contributed by atoms with Crippen LogP contribution in [-0.2, 0) is 9.59 Å². The van der Waals surface area contributed by atoms with Crippen molar-refractivity contribution in [3.63, 3.8) is 0 Å². The number of anilines is 2. The first-order valence-corrected chi connectivity index (χ1v) is 11.0. The van der Waals surface area contributed by atoms with Gasteiger partial charge >= 0.3 is 0 Å². The molecule has 0 bridgehead atoms. The van der Waals surface area contributed by atoms with Crippen LogP contribution in [0.15, 0.2) is 63.3 Å². The third-order valence-electron chi connectivity index (χ3n) is 3.73. The zero-order valence-electron chi connectivity index (χ0n) is 15.2. The number of nitrogens with one attached hydrogen (secondary N) is 2. The molecule has 2 N–H and O–H groups in total. The van der Waals surface area contributed by atoms with Gasteiger partial charge in [-0.15, -0.1) is 23.1 Å². The minimum Gasteiger partial charge on any atom is -0.326 e. The number of aromatic nitrogens is 1. The van der Waals surface area contributed by atoms with Gasteiger partial charge in [-0.3, -0.25) is 9.59 Å². The molecule has 3 rings (SSSR count). The topological polar surface area (TPSA) is 71.1 Å². The van der Waals surface area contributed by atoms with E-state index in [1.807, 2.05) is 60.8 Å². The Balaban J connectivity index is 1.58. The predicted octanol–water partition coefficient (Wildman–Crippen LogP) is 5.65. The van der Waals surface area contributed by atoms with Crippen molar-refractivity contribution in [2.75, 3.05) is 10.6 Å². The Morgan fingerprint density at radius 2 is 1.75 bits per heavy atom. The summed E-state index contributed by atoms with van der Waals surface area (Å²) < 4.78 is 1.01. The molecule has 8 heteroatoms. The summed E-state index contributed by atoms with van der Waals surface area (Å²) in [7, 11) is 0. The summed E-state index contributed by atoms with van der Waals surface area (Å²) in [5, 5.41) is 7.83. The Morgan fingerprint density at radius 1 is 1.07 bits per heavy atom. The maximum Gasteiger partial charge on any atom is 0.239 e. The molecule has 0 spiro atoms. The maximum absolute atomic E-state index is 12.5. The van der Waals surface area contributed by atoms with Crippen molar-refractivity contribution in [2.24, 2.45) is 0 Å². The summed E-state index contributed by atoms with van der Waals surface area (Å²) in [4.78, 5) is 29.0. The lowest BCUT2D eigenvalue weighted by Gasteiger charge is -2.11. The highest BCUT2D eigenvalue weighted by atomic mass is 79.9. The summed E-state index contributed by atoms with van der Waals surface area (Å²) in [6.45, 7) is 3.32. The zero-order valence-corrected chi connectivity index (χ0v) is 18.5. The van der Waals surface area contributed by atoms with Gasteiger partial charge in [0.1, 0.15) is 0 Å². The molecule has 5 nitrogen and oxygen atoms in total. The van der Waals surface area contributed by atoms with E-state index in [1.165, 1.54) is 30.0 Å². The van der Waals surface area contributed by atoms with Gasteiger partial charge in [-0.2, -0.15) is 0 Å². The van der Waals surface area contributed by atoms with Crippen molar-refractivity contribution in [1.82, 2.24) is 4.98 Å². The highest BCUT2D eigenvalue weighted by Gasteiger charge is 2.16. The van der Waals surface area contributed by atoms with Gasteiger partial charge in [0.2, 0.25) is 11.8 Å². The van der Waals surface area contributed by atoms with Crippen LogP contribution in [0.4, 0.5) is 10.8 Å². The number of benzene rings is 2. The predicted molar refractivity (Wildman–Crippen MR) is 120 cm³/mol. The van der Waals surface area contributed by atoms with Crippen LogP contribution in [0.25, 0.3) is 11.3 Å². The van der Waals surface area contributed by atoms with Crippen molar-refractivity contribution in [2.45, 2.75) is 24.0 Å². The van der Waals surface area contributed by atoms with Crippen LogP contribution in [0.2, 0.25) is 0 Å².